The summed E-state index contributed by atoms with van der Waals surface area (Å²) in [6.07, 6.45) is 5.14. The largest absolute Gasteiger partial charge is 0.485 e. The van der Waals surface area contributed by atoms with E-state index in [-0.39, 0.29) is 36.0 Å². The molecule has 2 aromatic carbocycles. The van der Waals surface area contributed by atoms with Crippen molar-refractivity contribution in [2.75, 3.05) is 11.5 Å². The third-order valence-corrected chi connectivity index (χ3v) is 5.05. The minimum atomic E-state index is -0.272. The van der Waals surface area contributed by atoms with Crippen LogP contribution in [0.15, 0.2) is 66.7 Å². The van der Waals surface area contributed by atoms with Crippen LogP contribution in [0.1, 0.15) is 23.2 Å². The first-order valence-electron chi connectivity index (χ1n) is 8.99. The monoisotopic (exact) mass is 361 g/mol. The first kappa shape index (κ1) is 17.2. The van der Waals surface area contributed by atoms with Gasteiger partial charge in [-0.2, -0.15) is 0 Å². The van der Waals surface area contributed by atoms with E-state index in [1.165, 1.54) is 4.90 Å². The molecule has 0 aromatic heterocycles. The van der Waals surface area contributed by atoms with E-state index in [2.05, 4.69) is 0 Å². The molecule has 1 aliphatic heterocycles. The van der Waals surface area contributed by atoms with Crippen LogP contribution in [-0.4, -0.2) is 24.2 Å². The van der Waals surface area contributed by atoms with E-state index in [4.69, 9.17) is 4.74 Å². The number of hydrogen-bond donors (Lipinski definition) is 0. The Hall–Kier alpha value is -3.21. The standard InChI is InChI=1S/C22H19NO4/c24-20(15-7-2-1-3-8-15)14-27-17-10-6-9-16(13-17)23-21(25)18-11-4-5-12-19(18)22(23)26/h1-10,13,18-19H,11-12,14H2/t18-,19-/m0/s1. The number of carbonyl (C=O) groups is 3. The number of anilines is 1. The zero-order valence-electron chi connectivity index (χ0n) is 14.7. The summed E-state index contributed by atoms with van der Waals surface area (Å²) in [5, 5.41) is 0. The fourth-order valence-corrected chi connectivity index (χ4v) is 3.62. The van der Waals surface area contributed by atoms with Gasteiger partial charge in [-0.15, -0.1) is 0 Å². The molecular weight excluding hydrogens is 342 g/mol. The van der Waals surface area contributed by atoms with Crippen molar-refractivity contribution in [3.63, 3.8) is 0 Å². The molecule has 1 aliphatic carbocycles. The van der Waals surface area contributed by atoms with Crippen LogP contribution in [0.3, 0.4) is 0 Å². The van der Waals surface area contributed by atoms with Crippen molar-refractivity contribution in [3.8, 4) is 5.75 Å². The molecule has 2 aromatic rings. The quantitative estimate of drug-likeness (QED) is 0.465. The molecule has 1 fully saturated rings. The SMILES string of the molecule is O=C(COc1cccc(N2C(=O)[C@H]3CC=CC[C@@H]3C2=O)c1)c1ccccc1. The molecule has 4 rings (SSSR count). The third-order valence-electron chi connectivity index (χ3n) is 5.05. The Morgan fingerprint density at radius 3 is 2.26 bits per heavy atom. The lowest BCUT2D eigenvalue weighted by Crippen LogP contribution is -2.30. The molecule has 0 N–H and O–H groups in total. The molecule has 0 spiro atoms. The molecule has 0 radical (unpaired) electrons. The van der Waals surface area contributed by atoms with Crippen LogP contribution in [0.25, 0.3) is 0 Å². The smallest absolute Gasteiger partial charge is 0.238 e. The molecular formula is C22H19NO4. The molecule has 136 valence electrons. The molecule has 0 unspecified atom stereocenters. The maximum Gasteiger partial charge on any atom is 0.238 e. The highest BCUT2D eigenvalue weighted by Gasteiger charge is 2.47. The Labute approximate surface area is 157 Å². The number of fused-ring (bicyclic) bond motifs is 1. The molecule has 2 atom stereocenters. The predicted molar refractivity (Wildman–Crippen MR) is 101 cm³/mol. The topological polar surface area (TPSA) is 63.7 Å². The van der Waals surface area contributed by atoms with Gasteiger partial charge in [-0.3, -0.25) is 14.4 Å². The van der Waals surface area contributed by atoms with Gasteiger partial charge in [0.05, 0.1) is 17.5 Å². The number of ether oxygens (including phenoxy) is 1. The van der Waals surface area contributed by atoms with E-state index < -0.39 is 0 Å². The van der Waals surface area contributed by atoms with Gasteiger partial charge in [-0.1, -0.05) is 48.6 Å². The van der Waals surface area contributed by atoms with Crippen LogP contribution in [0, 0.1) is 11.8 Å². The zero-order chi connectivity index (χ0) is 18.8. The number of imide groups is 1. The molecule has 2 amide bonds. The lowest BCUT2D eigenvalue weighted by Gasteiger charge is -2.16. The van der Waals surface area contributed by atoms with Gasteiger partial charge < -0.3 is 4.74 Å². The van der Waals surface area contributed by atoms with Crippen LogP contribution in [0.5, 0.6) is 5.75 Å². The number of rotatable bonds is 5. The van der Waals surface area contributed by atoms with Crippen molar-refractivity contribution in [1.29, 1.82) is 0 Å². The van der Waals surface area contributed by atoms with E-state index in [0.717, 1.165) is 0 Å². The van der Waals surface area contributed by atoms with Crippen molar-refractivity contribution < 1.29 is 19.1 Å². The van der Waals surface area contributed by atoms with Gasteiger partial charge in [0.15, 0.2) is 12.4 Å². The van der Waals surface area contributed by atoms with Gasteiger partial charge in [-0.05, 0) is 25.0 Å². The Kier molecular flexibility index (Phi) is 4.59. The second-order valence-corrected chi connectivity index (χ2v) is 6.74. The molecule has 27 heavy (non-hydrogen) atoms. The Morgan fingerprint density at radius 2 is 1.59 bits per heavy atom. The van der Waals surface area contributed by atoms with Crippen molar-refractivity contribution in [2.24, 2.45) is 11.8 Å². The Morgan fingerprint density at radius 1 is 0.926 bits per heavy atom. The maximum atomic E-state index is 12.7. The number of Topliss-reactive ketones (excluding diaryl/α,β-unsaturated/α-hetero) is 1. The Bertz CT molecular complexity index is 893. The summed E-state index contributed by atoms with van der Waals surface area (Å²) < 4.78 is 5.60. The highest BCUT2D eigenvalue weighted by atomic mass is 16.5. The highest BCUT2D eigenvalue weighted by molar-refractivity contribution is 6.22. The first-order chi connectivity index (χ1) is 13.1. The van der Waals surface area contributed by atoms with Gasteiger partial charge in [-0.25, -0.2) is 4.90 Å². The Balaban J connectivity index is 1.49. The predicted octanol–water partition coefficient (Wildman–Crippen LogP) is 3.40. The maximum absolute atomic E-state index is 12.7. The van der Waals surface area contributed by atoms with E-state index in [1.807, 2.05) is 18.2 Å². The molecule has 0 saturated carbocycles. The van der Waals surface area contributed by atoms with Gasteiger partial charge in [0, 0.05) is 11.6 Å². The number of benzene rings is 2. The highest BCUT2D eigenvalue weighted by Crippen LogP contribution is 2.38. The van der Waals surface area contributed by atoms with Gasteiger partial charge in [0.1, 0.15) is 5.75 Å². The van der Waals surface area contributed by atoms with Crippen molar-refractivity contribution in [3.05, 3.63) is 72.3 Å². The number of allylic oxidation sites excluding steroid dienone is 2. The van der Waals surface area contributed by atoms with Crippen LogP contribution in [0.2, 0.25) is 0 Å². The molecule has 0 bridgehead atoms. The van der Waals surface area contributed by atoms with Gasteiger partial charge in [0.25, 0.3) is 0 Å². The summed E-state index contributed by atoms with van der Waals surface area (Å²) >= 11 is 0. The van der Waals surface area contributed by atoms with E-state index in [0.29, 0.717) is 29.8 Å². The summed E-state index contributed by atoms with van der Waals surface area (Å²) in [6.45, 7) is -0.107. The molecule has 1 heterocycles. The number of amides is 2. The van der Waals surface area contributed by atoms with Crippen LogP contribution >= 0.6 is 0 Å². The summed E-state index contributed by atoms with van der Waals surface area (Å²) in [5.74, 6) is -0.547. The van der Waals surface area contributed by atoms with Crippen molar-refractivity contribution >= 4 is 23.3 Å². The summed E-state index contributed by atoms with van der Waals surface area (Å²) in [7, 11) is 0. The summed E-state index contributed by atoms with van der Waals surface area (Å²) in [4.78, 5) is 38.8. The lowest BCUT2D eigenvalue weighted by molar-refractivity contribution is -0.122. The summed E-state index contributed by atoms with van der Waals surface area (Å²) in [5.41, 5.74) is 1.07. The summed E-state index contributed by atoms with van der Waals surface area (Å²) in [6, 6.07) is 15.7. The van der Waals surface area contributed by atoms with Crippen molar-refractivity contribution in [1.82, 2.24) is 0 Å². The van der Waals surface area contributed by atoms with Crippen LogP contribution < -0.4 is 9.64 Å². The average molecular weight is 361 g/mol. The number of carbonyl (C=O) groups excluding carboxylic acids is 3. The molecule has 1 saturated heterocycles. The van der Waals surface area contributed by atoms with Crippen LogP contribution in [0.4, 0.5) is 5.69 Å². The minimum absolute atomic E-state index is 0.107. The minimum Gasteiger partial charge on any atom is -0.485 e. The fourth-order valence-electron chi connectivity index (χ4n) is 3.62. The van der Waals surface area contributed by atoms with Gasteiger partial charge >= 0.3 is 0 Å². The lowest BCUT2D eigenvalue weighted by atomic mass is 9.85. The van der Waals surface area contributed by atoms with Gasteiger partial charge in [0.2, 0.25) is 11.8 Å². The normalized spacial score (nSPS) is 21.3. The van der Waals surface area contributed by atoms with E-state index in [1.54, 1.807) is 48.5 Å². The first-order valence-corrected chi connectivity index (χ1v) is 8.99. The van der Waals surface area contributed by atoms with E-state index in [9.17, 15) is 14.4 Å². The van der Waals surface area contributed by atoms with E-state index >= 15 is 0 Å². The number of hydrogen-bond acceptors (Lipinski definition) is 4. The van der Waals surface area contributed by atoms with Crippen LogP contribution in [-0.2, 0) is 9.59 Å². The number of ketones is 1. The average Bonchev–Trinajstić information content (AvgIpc) is 2.98. The molecule has 2 aliphatic rings. The fraction of sp³-hybridized carbons (Fsp3) is 0.227. The number of nitrogens with zero attached hydrogens (tertiary/aromatic N) is 1. The molecule has 5 heteroatoms. The van der Waals surface area contributed by atoms with Crippen molar-refractivity contribution in [2.45, 2.75) is 12.8 Å². The molecule has 5 nitrogen and oxygen atoms in total. The third kappa shape index (κ3) is 3.28. The zero-order valence-corrected chi connectivity index (χ0v) is 14.7. The second kappa shape index (κ2) is 7.19. The second-order valence-electron chi connectivity index (χ2n) is 6.74.